The monoisotopic (exact) mass is 358 g/mol. The number of carbonyl (C=O) groups is 1. The van der Waals surface area contributed by atoms with Crippen LogP contribution in [-0.4, -0.2) is 31.8 Å². The van der Waals surface area contributed by atoms with Crippen LogP contribution in [-0.2, 0) is 4.74 Å². The zero-order valence-corrected chi connectivity index (χ0v) is 14.9. The minimum atomic E-state index is -0.314. The molecule has 1 aliphatic heterocycles. The van der Waals surface area contributed by atoms with Gasteiger partial charge in [0.15, 0.2) is 0 Å². The second-order valence-electron chi connectivity index (χ2n) is 6.51. The van der Waals surface area contributed by atoms with E-state index in [1.54, 1.807) is 0 Å². The first kappa shape index (κ1) is 17.8. The molecule has 2 aromatic carbocycles. The first-order valence-corrected chi connectivity index (χ1v) is 8.65. The van der Waals surface area contributed by atoms with E-state index in [2.05, 4.69) is 47.0 Å². The summed E-state index contributed by atoms with van der Waals surface area (Å²) in [6.45, 7) is 2.23. The second-order valence-corrected chi connectivity index (χ2v) is 6.51. The van der Waals surface area contributed by atoms with Crippen LogP contribution in [0.15, 0.2) is 48.5 Å². The largest absolute Gasteiger partial charge is 0.449 e. The Morgan fingerprint density at radius 1 is 1.08 bits per heavy atom. The maximum atomic E-state index is 12.1. The molecule has 0 aromatic heterocycles. The van der Waals surface area contributed by atoms with Crippen LogP contribution in [0.3, 0.4) is 0 Å². The standard InChI is InChI=1S/C20H22N2O2.ClH/c23-20(22-14-6-5-11-21-12-14)24-13-19-17-9-3-1-7-15(17)16-8-2-4-10-18(16)19;/h1-4,7-10,14,19,21H,5-6,11-13H2,(H,22,23);1H/t14-;/m1./s1. The highest BCUT2D eigenvalue weighted by atomic mass is 35.5. The molecule has 0 unspecified atom stereocenters. The van der Waals surface area contributed by atoms with E-state index in [9.17, 15) is 4.79 Å². The first-order chi connectivity index (χ1) is 11.8. The Hall–Kier alpha value is -2.04. The maximum absolute atomic E-state index is 12.1. The van der Waals surface area contributed by atoms with Crippen molar-refractivity contribution < 1.29 is 9.53 Å². The van der Waals surface area contributed by atoms with Crippen LogP contribution < -0.4 is 10.6 Å². The van der Waals surface area contributed by atoms with E-state index < -0.39 is 0 Å². The third-order valence-electron chi connectivity index (χ3n) is 4.96. The first-order valence-electron chi connectivity index (χ1n) is 8.65. The number of halogens is 1. The number of piperidine rings is 1. The van der Waals surface area contributed by atoms with Gasteiger partial charge < -0.3 is 15.4 Å². The average molecular weight is 359 g/mol. The molecule has 0 bridgehead atoms. The number of fused-ring (bicyclic) bond motifs is 3. The van der Waals surface area contributed by atoms with Crippen LogP contribution >= 0.6 is 12.4 Å². The van der Waals surface area contributed by atoms with Gasteiger partial charge in [-0.15, -0.1) is 12.4 Å². The minimum Gasteiger partial charge on any atom is -0.449 e. The summed E-state index contributed by atoms with van der Waals surface area (Å²) in [6.07, 6.45) is 1.79. The van der Waals surface area contributed by atoms with Gasteiger partial charge in [0, 0.05) is 18.5 Å². The lowest BCUT2D eigenvalue weighted by Gasteiger charge is -2.24. The van der Waals surface area contributed by atoms with Crippen molar-refractivity contribution in [1.82, 2.24) is 10.6 Å². The van der Waals surface area contributed by atoms with Gasteiger partial charge in [-0.25, -0.2) is 4.79 Å². The Labute approximate surface area is 154 Å². The third kappa shape index (κ3) is 3.65. The molecule has 0 radical (unpaired) electrons. The molecule has 1 heterocycles. The molecular formula is C20H23ClN2O2. The van der Waals surface area contributed by atoms with Crippen molar-refractivity contribution in [3.05, 3.63) is 59.7 Å². The Balaban J connectivity index is 0.00000182. The molecule has 1 aliphatic carbocycles. The van der Waals surface area contributed by atoms with Gasteiger partial charge in [0.05, 0.1) is 0 Å². The minimum absolute atomic E-state index is 0. The number of hydrogen-bond donors (Lipinski definition) is 2. The van der Waals surface area contributed by atoms with E-state index in [4.69, 9.17) is 4.74 Å². The molecule has 1 atom stereocenters. The molecule has 2 aromatic rings. The number of ether oxygens (including phenoxy) is 1. The number of nitrogens with one attached hydrogen (secondary N) is 2. The van der Waals surface area contributed by atoms with Crippen molar-refractivity contribution in [1.29, 1.82) is 0 Å². The molecule has 4 rings (SSSR count). The van der Waals surface area contributed by atoms with Gasteiger partial charge in [0.1, 0.15) is 6.61 Å². The molecular weight excluding hydrogens is 336 g/mol. The third-order valence-corrected chi connectivity index (χ3v) is 4.96. The summed E-state index contributed by atoms with van der Waals surface area (Å²) < 4.78 is 5.56. The van der Waals surface area contributed by atoms with Crippen molar-refractivity contribution in [2.24, 2.45) is 0 Å². The average Bonchev–Trinajstić information content (AvgIpc) is 2.95. The summed E-state index contributed by atoms with van der Waals surface area (Å²) >= 11 is 0. The van der Waals surface area contributed by atoms with Gasteiger partial charge in [0.25, 0.3) is 0 Å². The second kappa shape index (κ2) is 7.89. The van der Waals surface area contributed by atoms with Crippen LogP contribution in [0.5, 0.6) is 0 Å². The SMILES string of the molecule is Cl.O=C(N[C@@H]1CCCNC1)OCC1c2ccccc2-c2ccccc21. The van der Waals surface area contributed by atoms with Crippen LogP contribution in [0.1, 0.15) is 29.9 Å². The van der Waals surface area contributed by atoms with Crippen molar-refractivity contribution in [3.8, 4) is 11.1 Å². The Kier molecular flexibility index (Phi) is 5.61. The topological polar surface area (TPSA) is 50.4 Å². The number of hydrogen-bond acceptors (Lipinski definition) is 3. The molecule has 1 fully saturated rings. The lowest BCUT2D eigenvalue weighted by Crippen LogP contribution is -2.45. The lowest BCUT2D eigenvalue weighted by molar-refractivity contribution is 0.137. The number of rotatable bonds is 3. The van der Waals surface area contributed by atoms with E-state index in [1.807, 2.05) is 12.1 Å². The van der Waals surface area contributed by atoms with Crippen molar-refractivity contribution in [2.75, 3.05) is 19.7 Å². The molecule has 4 nitrogen and oxygen atoms in total. The predicted molar refractivity (Wildman–Crippen MR) is 101 cm³/mol. The fourth-order valence-electron chi connectivity index (χ4n) is 3.78. The Bertz CT molecular complexity index is 698. The molecule has 0 saturated carbocycles. The highest BCUT2D eigenvalue weighted by Crippen LogP contribution is 2.44. The smallest absolute Gasteiger partial charge is 0.407 e. The zero-order valence-electron chi connectivity index (χ0n) is 14.0. The number of benzene rings is 2. The molecule has 5 heteroatoms. The van der Waals surface area contributed by atoms with E-state index in [1.165, 1.54) is 22.3 Å². The van der Waals surface area contributed by atoms with Crippen LogP contribution in [0, 0.1) is 0 Å². The molecule has 0 spiro atoms. The van der Waals surface area contributed by atoms with Gasteiger partial charge in [-0.1, -0.05) is 48.5 Å². The van der Waals surface area contributed by atoms with Gasteiger partial charge >= 0.3 is 6.09 Å². The zero-order chi connectivity index (χ0) is 16.4. The molecule has 1 saturated heterocycles. The van der Waals surface area contributed by atoms with Gasteiger partial charge in [-0.05, 0) is 41.6 Å². The van der Waals surface area contributed by atoms with Crippen molar-refractivity contribution in [2.45, 2.75) is 24.8 Å². The van der Waals surface area contributed by atoms with Gasteiger partial charge in [-0.3, -0.25) is 0 Å². The van der Waals surface area contributed by atoms with Crippen LogP contribution in [0.2, 0.25) is 0 Å². The summed E-state index contributed by atoms with van der Waals surface area (Å²) in [5.74, 6) is 0.118. The van der Waals surface area contributed by atoms with Crippen LogP contribution in [0.4, 0.5) is 4.79 Å². The number of amides is 1. The normalized spacial score (nSPS) is 18.6. The fraction of sp³-hybridized carbons (Fsp3) is 0.350. The number of alkyl carbamates (subject to hydrolysis) is 1. The predicted octanol–water partition coefficient (Wildman–Crippen LogP) is 3.70. The van der Waals surface area contributed by atoms with Gasteiger partial charge in [0.2, 0.25) is 0 Å². The lowest BCUT2D eigenvalue weighted by atomic mass is 9.98. The fourth-order valence-corrected chi connectivity index (χ4v) is 3.78. The summed E-state index contributed by atoms with van der Waals surface area (Å²) in [5.41, 5.74) is 4.98. The molecule has 132 valence electrons. The van der Waals surface area contributed by atoms with Crippen molar-refractivity contribution >= 4 is 18.5 Å². The highest BCUT2D eigenvalue weighted by Gasteiger charge is 2.29. The highest BCUT2D eigenvalue weighted by molar-refractivity contribution is 5.85. The molecule has 2 N–H and O–H groups in total. The van der Waals surface area contributed by atoms with E-state index in [-0.39, 0.29) is 30.5 Å². The summed E-state index contributed by atoms with van der Waals surface area (Å²) in [6, 6.07) is 16.9. The number of carbonyl (C=O) groups excluding carboxylic acids is 1. The van der Waals surface area contributed by atoms with E-state index in [0.29, 0.717) is 6.61 Å². The summed E-state index contributed by atoms with van der Waals surface area (Å²) in [4.78, 5) is 12.1. The van der Waals surface area contributed by atoms with E-state index in [0.717, 1.165) is 25.9 Å². The van der Waals surface area contributed by atoms with Crippen molar-refractivity contribution in [3.63, 3.8) is 0 Å². The van der Waals surface area contributed by atoms with Crippen LogP contribution in [0.25, 0.3) is 11.1 Å². The summed E-state index contributed by atoms with van der Waals surface area (Å²) in [5, 5.41) is 6.26. The quantitative estimate of drug-likeness (QED) is 0.879. The molecule has 1 amide bonds. The van der Waals surface area contributed by atoms with Gasteiger partial charge in [-0.2, -0.15) is 0 Å². The Morgan fingerprint density at radius 2 is 1.72 bits per heavy atom. The summed E-state index contributed by atoms with van der Waals surface area (Å²) in [7, 11) is 0. The maximum Gasteiger partial charge on any atom is 0.407 e. The van der Waals surface area contributed by atoms with E-state index >= 15 is 0 Å². The molecule has 2 aliphatic rings. The molecule has 25 heavy (non-hydrogen) atoms. The Morgan fingerprint density at radius 3 is 2.32 bits per heavy atom.